The fourth-order valence-corrected chi connectivity index (χ4v) is 2.65. The molecule has 1 unspecified atom stereocenters. The molecule has 0 amide bonds. The van der Waals surface area contributed by atoms with E-state index in [4.69, 9.17) is 11.6 Å². The number of unbranched alkanes of at least 4 members (excludes halogenated alkanes) is 1. The highest BCUT2D eigenvalue weighted by Crippen LogP contribution is 2.26. The molecule has 0 bridgehead atoms. The average Bonchev–Trinajstić information content (AvgIpc) is 2.29. The molecule has 0 saturated heterocycles. The van der Waals surface area contributed by atoms with Crippen LogP contribution >= 0.6 is 27.5 Å². The van der Waals surface area contributed by atoms with Crippen LogP contribution < -0.4 is 0 Å². The molecule has 0 spiro atoms. The number of ketones is 1. The number of carbonyl (C=O) groups is 1. The topological polar surface area (TPSA) is 17.1 Å². The van der Waals surface area contributed by atoms with E-state index in [0.717, 1.165) is 30.2 Å². The largest absolute Gasteiger partial charge is 0.294 e. The van der Waals surface area contributed by atoms with Crippen molar-refractivity contribution in [3.05, 3.63) is 33.3 Å². The lowest BCUT2D eigenvalue weighted by molar-refractivity contribution is 0.0908. The molecule has 94 valence electrons. The van der Waals surface area contributed by atoms with Gasteiger partial charge in [0.1, 0.15) is 0 Å². The van der Waals surface area contributed by atoms with Gasteiger partial charge >= 0.3 is 0 Å². The molecule has 0 radical (unpaired) electrons. The Labute approximate surface area is 117 Å². The molecule has 3 heteroatoms. The van der Waals surface area contributed by atoms with E-state index in [1.165, 1.54) is 0 Å². The van der Waals surface area contributed by atoms with Gasteiger partial charge in [0, 0.05) is 16.0 Å². The molecule has 17 heavy (non-hydrogen) atoms. The van der Waals surface area contributed by atoms with Crippen LogP contribution in [0.1, 0.15) is 49.9 Å². The zero-order valence-corrected chi connectivity index (χ0v) is 12.6. The zero-order valence-electron chi connectivity index (χ0n) is 10.3. The molecule has 1 aromatic carbocycles. The molecule has 1 rings (SSSR count). The molecule has 0 heterocycles. The predicted octanol–water partition coefficient (Wildman–Crippen LogP) is 5.50. The third-order valence-corrected chi connectivity index (χ3v) is 3.77. The van der Waals surface area contributed by atoms with Crippen LogP contribution in [-0.2, 0) is 0 Å². The standard InChI is InChI=1S/C14H18BrClO/c1-3-5-6-10(4-2)14(17)12-8-7-11(15)9-13(12)16/h7-10H,3-6H2,1-2H3. The fraction of sp³-hybridized carbons (Fsp3) is 0.500. The van der Waals surface area contributed by atoms with Gasteiger partial charge in [-0.05, 0) is 31.0 Å². The third kappa shape index (κ3) is 4.11. The summed E-state index contributed by atoms with van der Waals surface area (Å²) in [5, 5.41) is 0.541. The summed E-state index contributed by atoms with van der Waals surface area (Å²) >= 11 is 9.45. The van der Waals surface area contributed by atoms with Crippen LogP contribution in [0.2, 0.25) is 5.02 Å². The summed E-state index contributed by atoms with van der Waals surface area (Å²) in [5.41, 5.74) is 0.651. The van der Waals surface area contributed by atoms with E-state index in [-0.39, 0.29) is 11.7 Å². The molecule has 1 nitrogen and oxygen atoms in total. The molecule has 0 aliphatic heterocycles. The predicted molar refractivity (Wildman–Crippen MR) is 76.8 cm³/mol. The summed E-state index contributed by atoms with van der Waals surface area (Å²) in [4.78, 5) is 12.3. The first kappa shape index (κ1) is 14.7. The molecule has 0 aliphatic carbocycles. The summed E-state index contributed by atoms with van der Waals surface area (Å²) in [6.45, 7) is 4.20. The van der Waals surface area contributed by atoms with Crippen molar-refractivity contribution in [3.8, 4) is 0 Å². The van der Waals surface area contributed by atoms with Crippen LogP contribution in [0.25, 0.3) is 0 Å². The highest BCUT2D eigenvalue weighted by molar-refractivity contribution is 9.10. The van der Waals surface area contributed by atoms with Crippen LogP contribution in [0, 0.1) is 5.92 Å². The van der Waals surface area contributed by atoms with Crippen LogP contribution in [0.4, 0.5) is 0 Å². The Balaban J connectivity index is 2.86. The average molecular weight is 318 g/mol. The summed E-state index contributed by atoms with van der Waals surface area (Å²) < 4.78 is 0.903. The molecular weight excluding hydrogens is 300 g/mol. The van der Waals surface area contributed by atoms with E-state index in [1.54, 1.807) is 6.07 Å². The quantitative estimate of drug-likeness (QED) is 0.633. The second kappa shape index (κ2) is 7.17. The summed E-state index contributed by atoms with van der Waals surface area (Å²) in [6, 6.07) is 5.45. The summed E-state index contributed by atoms with van der Waals surface area (Å²) in [6.07, 6.45) is 4.06. The number of halogens is 2. The maximum Gasteiger partial charge on any atom is 0.167 e. The molecular formula is C14H18BrClO. The summed E-state index contributed by atoms with van der Waals surface area (Å²) in [7, 11) is 0. The lowest BCUT2D eigenvalue weighted by Crippen LogP contribution is -2.14. The number of benzene rings is 1. The van der Waals surface area contributed by atoms with Gasteiger partial charge in [-0.2, -0.15) is 0 Å². The van der Waals surface area contributed by atoms with Gasteiger partial charge in [0.05, 0.1) is 5.02 Å². The van der Waals surface area contributed by atoms with Crippen molar-refractivity contribution in [2.75, 3.05) is 0 Å². The van der Waals surface area contributed by atoms with Crippen molar-refractivity contribution in [1.29, 1.82) is 0 Å². The fourth-order valence-electron chi connectivity index (χ4n) is 1.88. The van der Waals surface area contributed by atoms with Gasteiger partial charge < -0.3 is 0 Å². The second-order valence-electron chi connectivity index (χ2n) is 4.24. The zero-order chi connectivity index (χ0) is 12.8. The van der Waals surface area contributed by atoms with Crippen molar-refractivity contribution in [1.82, 2.24) is 0 Å². The minimum Gasteiger partial charge on any atom is -0.294 e. The molecule has 1 atom stereocenters. The number of Topliss-reactive ketones (excluding diaryl/α,β-unsaturated/α-hetero) is 1. The minimum absolute atomic E-state index is 0.105. The van der Waals surface area contributed by atoms with Gasteiger partial charge in [0.25, 0.3) is 0 Å². The van der Waals surface area contributed by atoms with Crippen molar-refractivity contribution in [2.24, 2.45) is 5.92 Å². The molecule has 1 aromatic rings. The highest BCUT2D eigenvalue weighted by atomic mass is 79.9. The molecule has 0 saturated carbocycles. The van der Waals surface area contributed by atoms with Crippen LogP contribution in [0.5, 0.6) is 0 Å². The van der Waals surface area contributed by atoms with E-state index < -0.39 is 0 Å². The van der Waals surface area contributed by atoms with Crippen molar-refractivity contribution < 1.29 is 4.79 Å². The minimum atomic E-state index is 0.105. The van der Waals surface area contributed by atoms with Crippen LogP contribution in [-0.4, -0.2) is 5.78 Å². The van der Waals surface area contributed by atoms with Gasteiger partial charge in [-0.15, -0.1) is 0 Å². The Morgan fingerprint density at radius 1 is 1.41 bits per heavy atom. The van der Waals surface area contributed by atoms with Gasteiger partial charge in [-0.3, -0.25) is 4.79 Å². The Morgan fingerprint density at radius 2 is 2.12 bits per heavy atom. The first-order valence-corrected chi connectivity index (χ1v) is 7.26. The monoisotopic (exact) mass is 316 g/mol. The van der Waals surface area contributed by atoms with Crippen molar-refractivity contribution in [3.63, 3.8) is 0 Å². The number of hydrogen-bond acceptors (Lipinski definition) is 1. The maximum atomic E-state index is 12.3. The SMILES string of the molecule is CCCCC(CC)C(=O)c1ccc(Br)cc1Cl. The molecule has 0 aliphatic rings. The smallest absolute Gasteiger partial charge is 0.167 e. The maximum absolute atomic E-state index is 12.3. The van der Waals surface area contributed by atoms with Crippen molar-refractivity contribution >= 4 is 33.3 Å². The normalized spacial score (nSPS) is 12.5. The lowest BCUT2D eigenvalue weighted by atomic mass is 9.90. The van der Waals surface area contributed by atoms with Gasteiger partial charge in [-0.25, -0.2) is 0 Å². The Bertz CT molecular complexity index is 390. The van der Waals surface area contributed by atoms with Crippen LogP contribution in [0.3, 0.4) is 0 Å². The van der Waals surface area contributed by atoms with Gasteiger partial charge in [-0.1, -0.05) is 54.2 Å². The Kier molecular flexibility index (Phi) is 6.21. The first-order chi connectivity index (χ1) is 8.10. The Morgan fingerprint density at radius 3 is 2.65 bits per heavy atom. The van der Waals surface area contributed by atoms with Gasteiger partial charge in [0.2, 0.25) is 0 Å². The van der Waals surface area contributed by atoms with E-state index in [9.17, 15) is 4.79 Å². The number of hydrogen-bond donors (Lipinski definition) is 0. The third-order valence-electron chi connectivity index (χ3n) is 2.97. The first-order valence-electron chi connectivity index (χ1n) is 6.09. The van der Waals surface area contributed by atoms with Gasteiger partial charge in [0.15, 0.2) is 5.78 Å². The molecule has 0 N–H and O–H groups in total. The van der Waals surface area contributed by atoms with Crippen molar-refractivity contribution in [2.45, 2.75) is 39.5 Å². The Hall–Kier alpha value is -0.340. The number of rotatable bonds is 6. The van der Waals surface area contributed by atoms with E-state index in [2.05, 4.69) is 29.8 Å². The highest BCUT2D eigenvalue weighted by Gasteiger charge is 2.19. The lowest BCUT2D eigenvalue weighted by Gasteiger charge is -2.14. The van der Waals surface area contributed by atoms with E-state index in [1.807, 2.05) is 12.1 Å². The molecule has 0 fully saturated rings. The summed E-state index contributed by atoms with van der Waals surface area (Å²) in [5.74, 6) is 0.284. The molecule has 0 aromatic heterocycles. The van der Waals surface area contributed by atoms with E-state index in [0.29, 0.717) is 10.6 Å². The second-order valence-corrected chi connectivity index (χ2v) is 5.56. The van der Waals surface area contributed by atoms with E-state index >= 15 is 0 Å². The van der Waals surface area contributed by atoms with Crippen LogP contribution in [0.15, 0.2) is 22.7 Å². The number of carbonyl (C=O) groups excluding carboxylic acids is 1.